The second-order valence-corrected chi connectivity index (χ2v) is 6.75. The second kappa shape index (κ2) is 8.67. The molecule has 0 saturated heterocycles. The zero-order valence-electron chi connectivity index (χ0n) is 13.2. The summed E-state index contributed by atoms with van der Waals surface area (Å²) in [6.45, 7) is 5.06. The number of rotatable bonds is 7. The van der Waals surface area contributed by atoms with E-state index in [-0.39, 0.29) is 12.4 Å². The molecule has 0 aliphatic carbocycles. The summed E-state index contributed by atoms with van der Waals surface area (Å²) in [4.78, 5) is 0. The van der Waals surface area contributed by atoms with E-state index in [0.29, 0.717) is 23.2 Å². The van der Waals surface area contributed by atoms with Crippen LogP contribution < -0.4 is 10.1 Å². The highest BCUT2D eigenvalue weighted by molar-refractivity contribution is 9.10. The summed E-state index contributed by atoms with van der Waals surface area (Å²) < 4.78 is 20.6. The van der Waals surface area contributed by atoms with Gasteiger partial charge in [0.2, 0.25) is 0 Å². The van der Waals surface area contributed by atoms with Crippen molar-refractivity contribution in [2.45, 2.75) is 39.5 Å². The van der Waals surface area contributed by atoms with Gasteiger partial charge in [0.05, 0.1) is 5.02 Å². The monoisotopic (exact) mass is 399 g/mol. The Bertz CT molecular complexity index is 645. The maximum Gasteiger partial charge on any atom is 0.131 e. The Kier molecular flexibility index (Phi) is 6.88. The Hall–Kier alpha value is -1.10. The summed E-state index contributed by atoms with van der Waals surface area (Å²) >= 11 is 9.52. The first kappa shape index (κ1) is 18.2. The molecular weight excluding hydrogens is 381 g/mol. The first-order valence-corrected chi connectivity index (χ1v) is 8.75. The summed E-state index contributed by atoms with van der Waals surface area (Å²) in [6.07, 6.45) is 1.05. The third-order valence-electron chi connectivity index (χ3n) is 3.71. The number of hydrogen-bond acceptors (Lipinski definition) is 2. The zero-order chi connectivity index (χ0) is 16.8. The molecule has 0 aliphatic heterocycles. The SMILES string of the molecule is CCC(C)NCc1cc(Br)ccc1OCc1c(F)cccc1Cl. The van der Waals surface area contributed by atoms with Gasteiger partial charge in [-0.1, -0.05) is 40.5 Å². The predicted octanol–water partition coefficient (Wildman–Crippen LogP) is 5.71. The molecule has 5 heteroatoms. The summed E-state index contributed by atoms with van der Waals surface area (Å²) in [5, 5.41) is 3.81. The van der Waals surface area contributed by atoms with Gasteiger partial charge >= 0.3 is 0 Å². The first-order chi connectivity index (χ1) is 11.0. The van der Waals surface area contributed by atoms with Crippen LogP contribution in [0.15, 0.2) is 40.9 Å². The largest absolute Gasteiger partial charge is 0.488 e. The van der Waals surface area contributed by atoms with Crippen molar-refractivity contribution < 1.29 is 9.13 Å². The molecule has 0 aliphatic rings. The van der Waals surface area contributed by atoms with Crippen LogP contribution in [0, 0.1) is 5.82 Å². The Balaban J connectivity index is 2.13. The lowest BCUT2D eigenvalue weighted by molar-refractivity contribution is 0.295. The summed E-state index contributed by atoms with van der Waals surface area (Å²) in [6, 6.07) is 10.9. The van der Waals surface area contributed by atoms with Crippen molar-refractivity contribution in [3.63, 3.8) is 0 Å². The van der Waals surface area contributed by atoms with E-state index in [4.69, 9.17) is 16.3 Å². The highest BCUT2D eigenvalue weighted by Gasteiger charge is 2.11. The van der Waals surface area contributed by atoms with E-state index < -0.39 is 0 Å². The van der Waals surface area contributed by atoms with Gasteiger partial charge in [0.25, 0.3) is 0 Å². The molecule has 0 spiro atoms. The molecule has 1 atom stereocenters. The van der Waals surface area contributed by atoms with E-state index in [0.717, 1.165) is 22.2 Å². The first-order valence-electron chi connectivity index (χ1n) is 7.58. The molecule has 0 fully saturated rings. The molecule has 23 heavy (non-hydrogen) atoms. The van der Waals surface area contributed by atoms with Gasteiger partial charge in [-0.2, -0.15) is 0 Å². The van der Waals surface area contributed by atoms with Gasteiger partial charge in [-0.15, -0.1) is 0 Å². The van der Waals surface area contributed by atoms with Crippen LogP contribution in [-0.4, -0.2) is 6.04 Å². The highest BCUT2D eigenvalue weighted by Crippen LogP contribution is 2.26. The van der Waals surface area contributed by atoms with Crippen LogP contribution in [0.25, 0.3) is 0 Å². The third-order valence-corrected chi connectivity index (χ3v) is 4.56. The van der Waals surface area contributed by atoms with Crippen LogP contribution in [-0.2, 0) is 13.2 Å². The topological polar surface area (TPSA) is 21.3 Å². The van der Waals surface area contributed by atoms with Gasteiger partial charge in [0.15, 0.2) is 0 Å². The predicted molar refractivity (Wildman–Crippen MR) is 96.5 cm³/mol. The summed E-state index contributed by atoms with van der Waals surface area (Å²) in [5.41, 5.74) is 1.39. The number of hydrogen-bond donors (Lipinski definition) is 1. The molecular formula is C18H20BrClFNO. The molecule has 0 saturated carbocycles. The molecule has 1 N–H and O–H groups in total. The molecule has 0 aromatic heterocycles. The normalized spacial score (nSPS) is 12.2. The van der Waals surface area contributed by atoms with Gasteiger partial charge < -0.3 is 10.1 Å². The van der Waals surface area contributed by atoms with Gasteiger partial charge in [0, 0.05) is 28.2 Å². The van der Waals surface area contributed by atoms with E-state index in [9.17, 15) is 4.39 Å². The lowest BCUT2D eigenvalue weighted by Crippen LogP contribution is -2.24. The molecule has 1 unspecified atom stereocenters. The Labute approximate surface area is 150 Å². The van der Waals surface area contributed by atoms with Gasteiger partial charge in [-0.25, -0.2) is 4.39 Å². The Morgan fingerprint density at radius 2 is 2.09 bits per heavy atom. The number of benzene rings is 2. The van der Waals surface area contributed by atoms with Crippen molar-refractivity contribution in [3.8, 4) is 5.75 Å². The minimum Gasteiger partial charge on any atom is -0.488 e. The van der Waals surface area contributed by atoms with Crippen molar-refractivity contribution in [1.82, 2.24) is 5.32 Å². The smallest absolute Gasteiger partial charge is 0.131 e. The van der Waals surface area contributed by atoms with Crippen molar-refractivity contribution in [2.75, 3.05) is 0 Å². The minimum atomic E-state index is -0.353. The van der Waals surface area contributed by atoms with Crippen LogP contribution in [0.3, 0.4) is 0 Å². The Morgan fingerprint density at radius 3 is 2.78 bits per heavy atom. The molecule has 2 aromatic carbocycles. The Morgan fingerprint density at radius 1 is 1.30 bits per heavy atom. The second-order valence-electron chi connectivity index (χ2n) is 5.43. The standard InChI is InChI=1S/C18H20BrClFNO/c1-3-12(2)22-10-13-9-14(19)7-8-18(13)23-11-15-16(20)5-4-6-17(15)21/h4-9,12,22H,3,10-11H2,1-2H3. The van der Waals surface area contributed by atoms with E-state index in [1.807, 2.05) is 18.2 Å². The number of nitrogens with one attached hydrogen (secondary N) is 1. The minimum absolute atomic E-state index is 0.101. The van der Waals surface area contributed by atoms with E-state index in [1.54, 1.807) is 12.1 Å². The maximum atomic E-state index is 13.8. The fraction of sp³-hybridized carbons (Fsp3) is 0.333. The van der Waals surface area contributed by atoms with Crippen molar-refractivity contribution >= 4 is 27.5 Å². The zero-order valence-corrected chi connectivity index (χ0v) is 15.5. The van der Waals surface area contributed by atoms with Crippen molar-refractivity contribution in [1.29, 1.82) is 0 Å². The lowest BCUT2D eigenvalue weighted by atomic mass is 10.1. The molecule has 2 nitrogen and oxygen atoms in total. The molecule has 2 aromatic rings. The highest BCUT2D eigenvalue weighted by atomic mass is 79.9. The van der Waals surface area contributed by atoms with Gasteiger partial charge in [0.1, 0.15) is 18.2 Å². The molecule has 2 rings (SSSR count). The summed E-state index contributed by atoms with van der Waals surface area (Å²) in [7, 11) is 0. The molecule has 0 heterocycles. The van der Waals surface area contributed by atoms with Crippen LogP contribution in [0.5, 0.6) is 5.75 Å². The summed E-state index contributed by atoms with van der Waals surface area (Å²) in [5.74, 6) is 0.372. The van der Waals surface area contributed by atoms with Crippen molar-refractivity contribution in [2.24, 2.45) is 0 Å². The third kappa shape index (κ3) is 5.20. The van der Waals surface area contributed by atoms with Crippen molar-refractivity contribution in [3.05, 3.63) is 62.8 Å². The van der Waals surface area contributed by atoms with E-state index in [2.05, 4.69) is 35.1 Å². The average Bonchev–Trinajstić information content (AvgIpc) is 2.53. The molecule has 0 radical (unpaired) electrons. The average molecular weight is 401 g/mol. The van der Waals surface area contributed by atoms with Crippen LogP contribution in [0.1, 0.15) is 31.4 Å². The maximum absolute atomic E-state index is 13.8. The molecule has 0 amide bonds. The lowest BCUT2D eigenvalue weighted by Gasteiger charge is -2.16. The number of ether oxygens (including phenoxy) is 1. The fourth-order valence-electron chi connectivity index (χ4n) is 2.08. The molecule has 0 bridgehead atoms. The van der Waals surface area contributed by atoms with Crippen LogP contribution in [0.2, 0.25) is 5.02 Å². The number of halogens is 3. The van der Waals surface area contributed by atoms with Gasteiger partial charge in [-0.05, 0) is 43.7 Å². The quantitative estimate of drug-likeness (QED) is 0.643. The van der Waals surface area contributed by atoms with E-state index >= 15 is 0 Å². The van der Waals surface area contributed by atoms with Crippen LogP contribution in [0.4, 0.5) is 4.39 Å². The fourth-order valence-corrected chi connectivity index (χ4v) is 2.70. The van der Waals surface area contributed by atoms with E-state index in [1.165, 1.54) is 6.07 Å². The molecule has 124 valence electrons. The van der Waals surface area contributed by atoms with Gasteiger partial charge in [-0.3, -0.25) is 0 Å². The van der Waals surface area contributed by atoms with Crippen LogP contribution >= 0.6 is 27.5 Å².